The number of nitrogens with zero attached hydrogens (tertiary/aromatic N) is 1. The van der Waals surface area contributed by atoms with Gasteiger partial charge >= 0.3 is 0 Å². The van der Waals surface area contributed by atoms with Gasteiger partial charge in [0.25, 0.3) is 0 Å². The van der Waals surface area contributed by atoms with E-state index in [9.17, 15) is 4.79 Å². The largest absolute Gasteiger partial charge is 0.336 e. The number of halogens is 1. The third-order valence-electron chi connectivity index (χ3n) is 4.16. The molecular formula is C18H24BrNO. The molecule has 21 heavy (non-hydrogen) atoms. The minimum atomic E-state index is 0.110. The van der Waals surface area contributed by atoms with Crippen molar-refractivity contribution in [2.24, 2.45) is 5.92 Å². The zero-order valence-corrected chi connectivity index (χ0v) is 14.5. The maximum absolute atomic E-state index is 12.7. The van der Waals surface area contributed by atoms with E-state index in [1.807, 2.05) is 23.1 Å². The molecule has 0 radical (unpaired) electrons. The number of amides is 1. The molecule has 0 spiro atoms. The van der Waals surface area contributed by atoms with Gasteiger partial charge in [-0.2, -0.15) is 0 Å². The highest BCUT2D eigenvalue weighted by Crippen LogP contribution is 2.29. The van der Waals surface area contributed by atoms with E-state index in [-0.39, 0.29) is 11.9 Å². The van der Waals surface area contributed by atoms with Crippen LogP contribution in [-0.2, 0) is 4.79 Å². The summed E-state index contributed by atoms with van der Waals surface area (Å²) < 4.78 is 1.08. The molecule has 2 nitrogen and oxygen atoms in total. The van der Waals surface area contributed by atoms with Crippen molar-refractivity contribution in [1.29, 1.82) is 0 Å². The fourth-order valence-electron chi connectivity index (χ4n) is 2.96. The zero-order valence-electron chi connectivity index (χ0n) is 12.9. The van der Waals surface area contributed by atoms with E-state index in [2.05, 4.69) is 48.0 Å². The molecule has 0 saturated heterocycles. The lowest BCUT2D eigenvalue weighted by molar-refractivity contribution is -0.134. The highest BCUT2D eigenvalue weighted by Gasteiger charge is 2.24. The van der Waals surface area contributed by atoms with E-state index in [1.165, 1.54) is 5.56 Å². The Morgan fingerprint density at radius 1 is 1.43 bits per heavy atom. The van der Waals surface area contributed by atoms with Crippen molar-refractivity contribution < 1.29 is 4.79 Å². The fraction of sp³-hybridized carbons (Fsp3) is 0.500. The third-order valence-corrected chi connectivity index (χ3v) is 4.88. The Morgan fingerprint density at radius 3 is 2.81 bits per heavy atom. The first kappa shape index (κ1) is 16.3. The Bertz CT molecular complexity index is 512. The molecule has 1 aromatic carbocycles. The van der Waals surface area contributed by atoms with E-state index in [4.69, 9.17) is 0 Å². The Hall–Kier alpha value is -1.09. The van der Waals surface area contributed by atoms with Crippen molar-refractivity contribution in [3.63, 3.8) is 0 Å². The summed E-state index contributed by atoms with van der Waals surface area (Å²) in [6, 6.07) is 8.29. The van der Waals surface area contributed by atoms with Crippen LogP contribution >= 0.6 is 15.9 Å². The number of rotatable bonds is 6. The molecule has 0 aliphatic heterocycles. The van der Waals surface area contributed by atoms with Gasteiger partial charge in [0, 0.05) is 17.4 Å². The second-order valence-electron chi connectivity index (χ2n) is 5.75. The van der Waals surface area contributed by atoms with E-state index < -0.39 is 0 Å². The molecule has 2 rings (SSSR count). The van der Waals surface area contributed by atoms with Gasteiger partial charge in [-0.25, -0.2) is 0 Å². The van der Waals surface area contributed by atoms with Crippen LogP contribution in [0.15, 0.2) is 40.9 Å². The van der Waals surface area contributed by atoms with Crippen molar-refractivity contribution in [2.45, 2.75) is 45.6 Å². The molecule has 1 aliphatic rings. The van der Waals surface area contributed by atoms with Gasteiger partial charge in [0.05, 0.1) is 6.04 Å². The SMILES string of the molecule is CCCN(C(=O)CC1C=CCC1)C(C)c1ccccc1Br. The molecule has 3 heteroatoms. The highest BCUT2D eigenvalue weighted by molar-refractivity contribution is 9.10. The van der Waals surface area contributed by atoms with Gasteiger partial charge in [0.2, 0.25) is 5.91 Å². The summed E-state index contributed by atoms with van der Waals surface area (Å²) in [5, 5.41) is 0. The lowest BCUT2D eigenvalue weighted by atomic mass is 10.0. The Balaban J connectivity index is 2.11. The quantitative estimate of drug-likeness (QED) is 0.653. The van der Waals surface area contributed by atoms with Crippen LogP contribution in [0.5, 0.6) is 0 Å². The first-order chi connectivity index (χ1) is 10.1. The number of carbonyl (C=O) groups excluding carboxylic acids is 1. The summed E-state index contributed by atoms with van der Waals surface area (Å²) in [6.45, 7) is 5.07. The van der Waals surface area contributed by atoms with Gasteiger partial charge in [-0.05, 0) is 43.7 Å². The number of carbonyl (C=O) groups is 1. The summed E-state index contributed by atoms with van der Waals surface area (Å²) in [7, 11) is 0. The molecule has 0 saturated carbocycles. The average Bonchev–Trinajstić information content (AvgIpc) is 2.97. The first-order valence-electron chi connectivity index (χ1n) is 7.84. The second kappa shape index (κ2) is 7.79. The number of hydrogen-bond donors (Lipinski definition) is 0. The molecule has 0 fully saturated rings. The van der Waals surface area contributed by atoms with Crippen LogP contribution in [0.2, 0.25) is 0 Å². The molecule has 114 valence electrons. The smallest absolute Gasteiger partial charge is 0.223 e. The summed E-state index contributed by atoms with van der Waals surface area (Å²) in [4.78, 5) is 14.7. The van der Waals surface area contributed by atoms with Crippen LogP contribution in [0.3, 0.4) is 0 Å². The summed E-state index contributed by atoms with van der Waals surface area (Å²) in [6.07, 6.45) is 8.26. The fourth-order valence-corrected chi connectivity index (χ4v) is 3.58. The van der Waals surface area contributed by atoms with Gasteiger partial charge in [0.1, 0.15) is 0 Å². The second-order valence-corrected chi connectivity index (χ2v) is 6.61. The van der Waals surface area contributed by atoms with Crippen molar-refractivity contribution in [3.05, 3.63) is 46.5 Å². The van der Waals surface area contributed by atoms with Crippen molar-refractivity contribution >= 4 is 21.8 Å². The highest BCUT2D eigenvalue weighted by atomic mass is 79.9. The first-order valence-corrected chi connectivity index (χ1v) is 8.63. The van der Waals surface area contributed by atoms with Crippen molar-refractivity contribution in [1.82, 2.24) is 4.90 Å². The number of benzene rings is 1. The van der Waals surface area contributed by atoms with Gasteiger partial charge in [0.15, 0.2) is 0 Å². The summed E-state index contributed by atoms with van der Waals surface area (Å²) >= 11 is 3.60. The number of allylic oxidation sites excluding steroid dienone is 2. The van der Waals surface area contributed by atoms with Crippen LogP contribution in [0, 0.1) is 5.92 Å². The molecule has 2 unspecified atom stereocenters. The average molecular weight is 350 g/mol. The minimum absolute atomic E-state index is 0.110. The van der Waals surface area contributed by atoms with E-state index in [1.54, 1.807) is 0 Å². The Labute approximate surface area is 136 Å². The monoisotopic (exact) mass is 349 g/mol. The van der Waals surface area contributed by atoms with Crippen molar-refractivity contribution in [2.75, 3.05) is 6.54 Å². The standard InChI is InChI=1S/C18H24BrNO/c1-3-12-20(18(21)13-15-8-4-5-9-15)14(2)16-10-6-7-11-17(16)19/h4,6-8,10-11,14-15H,3,5,9,12-13H2,1-2H3. The predicted octanol–water partition coefficient (Wildman–Crippen LogP) is 5.11. The normalized spacial score (nSPS) is 18.7. The molecule has 0 aromatic heterocycles. The van der Waals surface area contributed by atoms with Gasteiger partial charge in [-0.3, -0.25) is 4.79 Å². The minimum Gasteiger partial charge on any atom is -0.336 e. The molecule has 0 bridgehead atoms. The molecule has 0 heterocycles. The molecule has 2 atom stereocenters. The third kappa shape index (κ3) is 4.19. The molecular weight excluding hydrogens is 326 g/mol. The predicted molar refractivity (Wildman–Crippen MR) is 91.0 cm³/mol. The lowest BCUT2D eigenvalue weighted by Crippen LogP contribution is -2.35. The Kier molecular flexibility index (Phi) is 6.04. The van der Waals surface area contributed by atoms with E-state index in [0.717, 1.165) is 30.3 Å². The summed E-state index contributed by atoms with van der Waals surface area (Å²) in [5.41, 5.74) is 1.18. The molecule has 1 aromatic rings. The van der Waals surface area contributed by atoms with Crippen molar-refractivity contribution in [3.8, 4) is 0 Å². The van der Waals surface area contributed by atoms with Crippen LogP contribution < -0.4 is 0 Å². The molecule has 1 aliphatic carbocycles. The van der Waals surface area contributed by atoms with Gasteiger partial charge < -0.3 is 4.90 Å². The topological polar surface area (TPSA) is 20.3 Å². The van der Waals surface area contributed by atoms with Gasteiger partial charge in [-0.1, -0.05) is 53.2 Å². The van der Waals surface area contributed by atoms with E-state index in [0.29, 0.717) is 12.3 Å². The Morgan fingerprint density at radius 2 is 2.19 bits per heavy atom. The van der Waals surface area contributed by atoms with Crippen LogP contribution in [-0.4, -0.2) is 17.4 Å². The van der Waals surface area contributed by atoms with Gasteiger partial charge in [-0.15, -0.1) is 0 Å². The number of hydrogen-bond acceptors (Lipinski definition) is 1. The van der Waals surface area contributed by atoms with Crippen LogP contribution in [0.4, 0.5) is 0 Å². The van der Waals surface area contributed by atoms with Crippen LogP contribution in [0.25, 0.3) is 0 Å². The zero-order chi connectivity index (χ0) is 15.2. The molecule has 0 N–H and O–H groups in total. The maximum Gasteiger partial charge on any atom is 0.223 e. The van der Waals surface area contributed by atoms with Crippen LogP contribution in [0.1, 0.15) is 51.1 Å². The summed E-state index contributed by atoms with van der Waals surface area (Å²) in [5.74, 6) is 0.708. The maximum atomic E-state index is 12.7. The van der Waals surface area contributed by atoms with E-state index >= 15 is 0 Å². The lowest BCUT2D eigenvalue weighted by Gasteiger charge is -2.31. The molecule has 1 amide bonds.